The minimum atomic E-state index is -0.113. The second-order valence-corrected chi connectivity index (χ2v) is 8.49. The summed E-state index contributed by atoms with van der Waals surface area (Å²) in [6, 6.07) is 9.75. The van der Waals surface area contributed by atoms with Gasteiger partial charge >= 0.3 is 0 Å². The molecule has 0 saturated carbocycles. The highest BCUT2D eigenvalue weighted by molar-refractivity contribution is 7.22. The first-order chi connectivity index (χ1) is 12.2. The van der Waals surface area contributed by atoms with E-state index < -0.39 is 0 Å². The molecule has 0 spiro atoms. The van der Waals surface area contributed by atoms with Crippen molar-refractivity contribution in [3.8, 4) is 0 Å². The molecule has 0 bridgehead atoms. The Morgan fingerprint density at radius 3 is 2.38 bits per heavy atom. The van der Waals surface area contributed by atoms with E-state index in [-0.39, 0.29) is 11.3 Å². The van der Waals surface area contributed by atoms with Crippen LogP contribution in [0.1, 0.15) is 47.8 Å². The van der Waals surface area contributed by atoms with E-state index in [1.54, 1.807) is 0 Å². The fourth-order valence-electron chi connectivity index (χ4n) is 2.95. The van der Waals surface area contributed by atoms with Gasteiger partial charge in [0.15, 0.2) is 5.13 Å². The molecule has 136 valence electrons. The highest BCUT2D eigenvalue weighted by Gasteiger charge is 2.17. The number of carbonyl (C=O) groups is 1. The minimum absolute atomic E-state index is 0.0636. The molecule has 0 atom stereocenters. The number of hydrogen-bond donors (Lipinski definition) is 3. The number of nitrogens with two attached hydrogens (primary N) is 1. The van der Waals surface area contributed by atoms with Gasteiger partial charge in [-0.25, -0.2) is 10.8 Å². The van der Waals surface area contributed by atoms with E-state index in [0.717, 1.165) is 27.0 Å². The summed E-state index contributed by atoms with van der Waals surface area (Å²) in [5, 5.41) is 3.72. The lowest BCUT2D eigenvalue weighted by atomic mass is 9.86. The zero-order valence-corrected chi connectivity index (χ0v) is 16.5. The summed E-state index contributed by atoms with van der Waals surface area (Å²) in [6.45, 7) is 10.4. The Morgan fingerprint density at radius 1 is 1.15 bits per heavy atom. The van der Waals surface area contributed by atoms with Gasteiger partial charge < -0.3 is 5.32 Å². The number of hydrazine groups is 1. The summed E-state index contributed by atoms with van der Waals surface area (Å²) in [5.74, 6) is 5.35. The Hall–Kier alpha value is -2.44. The number of carbonyl (C=O) groups excluding carboxylic acids is 1. The SMILES string of the molecule is Cc1cc2nc(NN)sc2c(C)c1NC(=O)c1ccc(C(C)(C)C)cc1. The third kappa shape index (κ3) is 3.43. The fourth-order valence-corrected chi connectivity index (χ4v) is 3.81. The predicted molar refractivity (Wildman–Crippen MR) is 110 cm³/mol. The Labute approximate surface area is 157 Å². The molecule has 0 saturated heterocycles. The third-order valence-electron chi connectivity index (χ3n) is 4.49. The molecule has 26 heavy (non-hydrogen) atoms. The van der Waals surface area contributed by atoms with Crippen molar-refractivity contribution in [2.75, 3.05) is 10.7 Å². The standard InChI is InChI=1S/C20H24N4OS/c1-11-10-15-17(26-19(22-15)24-21)12(2)16(11)23-18(25)13-6-8-14(9-7-13)20(3,4)5/h6-10H,21H2,1-5H3,(H,22,24)(H,23,25). The Bertz CT molecular complexity index is 968. The largest absolute Gasteiger partial charge is 0.321 e. The van der Waals surface area contributed by atoms with E-state index in [2.05, 4.69) is 36.5 Å². The molecular formula is C20H24N4OS. The van der Waals surface area contributed by atoms with Crippen molar-refractivity contribution in [2.24, 2.45) is 5.84 Å². The summed E-state index contributed by atoms with van der Waals surface area (Å²) < 4.78 is 1.02. The molecule has 1 heterocycles. The molecule has 2 aromatic carbocycles. The van der Waals surface area contributed by atoms with Crippen molar-refractivity contribution >= 4 is 38.3 Å². The molecule has 3 rings (SSSR count). The van der Waals surface area contributed by atoms with Gasteiger partial charge in [-0.2, -0.15) is 0 Å². The van der Waals surface area contributed by atoms with Crippen LogP contribution in [0.5, 0.6) is 0 Å². The first kappa shape index (κ1) is 18.4. The van der Waals surface area contributed by atoms with Gasteiger partial charge in [-0.15, -0.1) is 0 Å². The first-order valence-corrected chi connectivity index (χ1v) is 9.31. The van der Waals surface area contributed by atoms with Gasteiger partial charge in [-0.05, 0) is 54.2 Å². The number of nitrogens with one attached hydrogen (secondary N) is 2. The van der Waals surface area contributed by atoms with Gasteiger partial charge in [-0.1, -0.05) is 44.2 Å². The molecule has 1 amide bonds. The van der Waals surface area contributed by atoms with E-state index in [4.69, 9.17) is 5.84 Å². The van der Waals surface area contributed by atoms with E-state index in [1.807, 2.05) is 44.2 Å². The number of anilines is 2. The van der Waals surface area contributed by atoms with Crippen molar-refractivity contribution in [2.45, 2.75) is 40.0 Å². The summed E-state index contributed by atoms with van der Waals surface area (Å²) >= 11 is 1.48. The average molecular weight is 369 g/mol. The van der Waals surface area contributed by atoms with Crippen LogP contribution in [0.25, 0.3) is 10.2 Å². The number of nitrogen functional groups attached to an aromatic ring is 1. The van der Waals surface area contributed by atoms with E-state index >= 15 is 0 Å². The van der Waals surface area contributed by atoms with Crippen LogP contribution in [0.3, 0.4) is 0 Å². The van der Waals surface area contributed by atoms with Crippen LogP contribution >= 0.6 is 11.3 Å². The van der Waals surface area contributed by atoms with Crippen molar-refractivity contribution < 1.29 is 4.79 Å². The summed E-state index contributed by atoms with van der Waals surface area (Å²) in [7, 11) is 0. The number of hydrogen-bond acceptors (Lipinski definition) is 5. The quantitative estimate of drug-likeness (QED) is 0.460. The molecule has 0 aliphatic heterocycles. The number of amides is 1. The molecule has 4 N–H and O–H groups in total. The summed E-state index contributed by atoms with van der Waals surface area (Å²) in [5.41, 5.74) is 8.18. The van der Waals surface area contributed by atoms with Crippen LogP contribution in [0.15, 0.2) is 30.3 Å². The average Bonchev–Trinajstić information content (AvgIpc) is 3.01. The maximum atomic E-state index is 12.7. The molecule has 0 unspecified atom stereocenters. The minimum Gasteiger partial charge on any atom is -0.321 e. The number of rotatable bonds is 3. The van der Waals surface area contributed by atoms with Crippen LogP contribution < -0.4 is 16.6 Å². The Balaban J connectivity index is 1.91. The second-order valence-electron chi connectivity index (χ2n) is 7.49. The zero-order chi connectivity index (χ0) is 19.1. The molecule has 0 radical (unpaired) electrons. The molecule has 0 aliphatic carbocycles. The maximum Gasteiger partial charge on any atom is 0.255 e. The molecule has 3 aromatic rings. The fraction of sp³-hybridized carbons (Fsp3) is 0.300. The normalized spacial score (nSPS) is 11.6. The molecule has 0 aliphatic rings. The van der Waals surface area contributed by atoms with Crippen LogP contribution in [0.2, 0.25) is 0 Å². The van der Waals surface area contributed by atoms with E-state index in [9.17, 15) is 4.79 Å². The molecular weight excluding hydrogens is 344 g/mol. The number of fused-ring (bicyclic) bond motifs is 1. The van der Waals surface area contributed by atoms with Crippen LogP contribution in [0, 0.1) is 13.8 Å². The number of thiazole rings is 1. The van der Waals surface area contributed by atoms with Gasteiger partial charge in [0.05, 0.1) is 10.2 Å². The second kappa shape index (κ2) is 6.70. The number of aryl methyl sites for hydroxylation is 2. The Morgan fingerprint density at radius 2 is 1.81 bits per heavy atom. The highest BCUT2D eigenvalue weighted by atomic mass is 32.1. The maximum absolute atomic E-state index is 12.7. The van der Waals surface area contributed by atoms with Gasteiger partial charge in [0.25, 0.3) is 5.91 Å². The number of benzene rings is 2. The molecule has 1 aromatic heterocycles. The summed E-state index contributed by atoms with van der Waals surface area (Å²) in [6.07, 6.45) is 0. The van der Waals surface area contributed by atoms with Crippen molar-refractivity contribution in [1.29, 1.82) is 0 Å². The zero-order valence-electron chi connectivity index (χ0n) is 15.7. The number of aromatic nitrogens is 1. The van der Waals surface area contributed by atoms with Gasteiger partial charge in [-0.3, -0.25) is 10.2 Å². The highest BCUT2D eigenvalue weighted by Crippen LogP contribution is 2.35. The molecule has 5 nitrogen and oxygen atoms in total. The van der Waals surface area contributed by atoms with Gasteiger partial charge in [0.1, 0.15) is 0 Å². The van der Waals surface area contributed by atoms with Gasteiger partial charge in [0.2, 0.25) is 0 Å². The van der Waals surface area contributed by atoms with Gasteiger partial charge in [0, 0.05) is 11.3 Å². The third-order valence-corrected chi connectivity index (χ3v) is 5.61. The monoisotopic (exact) mass is 368 g/mol. The lowest BCUT2D eigenvalue weighted by molar-refractivity contribution is 0.102. The first-order valence-electron chi connectivity index (χ1n) is 8.50. The van der Waals surface area contributed by atoms with Crippen molar-refractivity contribution in [3.63, 3.8) is 0 Å². The predicted octanol–water partition coefficient (Wildman–Crippen LogP) is 4.75. The smallest absolute Gasteiger partial charge is 0.255 e. The number of nitrogens with zero attached hydrogens (tertiary/aromatic N) is 1. The van der Waals surface area contributed by atoms with Crippen molar-refractivity contribution in [3.05, 3.63) is 52.6 Å². The summed E-state index contributed by atoms with van der Waals surface area (Å²) in [4.78, 5) is 17.2. The molecule has 6 heteroatoms. The van der Waals surface area contributed by atoms with Crippen LogP contribution in [-0.4, -0.2) is 10.9 Å². The van der Waals surface area contributed by atoms with Crippen LogP contribution in [0.4, 0.5) is 10.8 Å². The Kier molecular flexibility index (Phi) is 4.73. The topological polar surface area (TPSA) is 80.0 Å². The van der Waals surface area contributed by atoms with E-state index in [0.29, 0.717) is 10.7 Å². The molecule has 0 fully saturated rings. The lowest BCUT2D eigenvalue weighted by Crippen LogP contribution is -2.15. The lowest BCUT2D eigenvalue weighted by Gasteiger charge is -2.19. The van der Waals surface area contributed by atoms with Crippen molar-refractivity contribution in [1.82, 2.24) is 4.98 Å². The van der Waals surface area contributed by atoms with Crippen LogP contribution in [-0.2, 0) is 5.41 Å². The van der Waals surface area contributed by atoms with E-state index in [1.165, 1.54) is 16.9 Å².